The Morgan fingerprint density at radius 1 is 1.10 bits per heavy atom. The summed E-state index contributed by atoms with van der Waals surface area (Å²) in [5.41, 5.74) is 6.38. The Kier molecular flexibility index (Phi) is 5.33. The van der Waals surface area contributed by atoms with Crippen molar-refractivity contribution in [1.82, 2.24) is 9.80 Å². The SMILES string of the molecule is CC(N)CCC(=O)N1CCN(C(=O)c2ccccc2)CC1. The van der Waals surface area contributed by atoms with Gasteiger partial charge in [-0.05, 0) is 25.5 Å². The second-order valence-corrected chi connectivity index (χ2v) is 5.55. The predicted octanol–water partition coefficient (Wildman–Crippen LogP) is 1.10. The quantitative estimate of drug-likeness (QED) is 0.902. The molecule has 2 amide bonds. The summed E-state index contributed by atoms with van der Waals surface area (Å²) in [7, 11) is 0. The van der Waals surface area contributed by atoms with E-state index in [1.165, 1.54) is 0 Å². The minimum absolute atomic E-state index is 0.0401. The van der Waals surface area contributed by atoms with Gasteiger partial charge < -0.3 is 15.5 Å². The van der Waals surface area contributed by atoms with Crippen LogP contribution in [-0.4, -0.2) is 53.8 Å². The van der Waals surface area contributed by atoms with Crippen LogP contribution in [0.5, 0.6) is 0 Å². The zero-order chi connectivity index (χ0) is 15.2. The zero-order valence-electron chi connectivity index (χ0n) is 12.5. The Balaban J connectivity index is 1.83. The second kappa shape index (κ2) is 7.22. The third-order valence-electron chi connectivity index (χ3n) is 3.75. The van der Waals surface area contributed by atoms with Crippen molar-refractivity contribution in [1.29, 1.82) is 0 Å². The number of carbonyl (C=O) groups is 2. The molecule has 2 rings (SSSR count). The zero-order valence-corrected chi connectivity index (χ0v) is 12.5. The molecule has 21 heavy (non-hydrogen) atoms. The largest absolute Gasteiger partial charge is 0.339 e. The Labute approximate surface area is 125 Å². The molecule has 0 radical (unpaired) electrons. The van der Waals surface area contributed by atoms with Gasteiger partial charge in [-0.3, -0.25) is 9.59 Å². The molecule has 0 aliphatic carbocycles. The van der Waals surface area contributed by atoms with E-state index in [1.54, 1.807) is 0 Å². The van der Waals surface area contributed by atoms with Crippen molar-refractivity contribution in [3.63, 3.8) is 0 Å². The Bertz CT molecular complexity index is 480. The molecule has 0 saturated carbocycles. The van der Waals surface area contributed by atoms with E-state index in [-0.39, 0.29) is 17.9 Å². The lowest BCUT2D eigenvalue weighted by Crippen LogP contribution is -2.50. The molecule has 1 fully saturated rings. The topological polar surface area (TPSA) is 66.6 Å². The molecule has 1 saturated heterocycles. The molecule has 0 spiro atoms. The van der Waals surface area contributed by atoms with Crippen LogP contribution in [0.3, 0.4) is 0 Å². The first kappa shape index (κ1) is 15.5. The molecule has 114 valence electrons. The van der Waals surface area contributed by atoms with Gasteiger partial charge in [0.1, 0.15) is 0 Å². The number of nitrogens with two attached hydrogens (primary N) is 1. The van der Waals surface area contributed by atoms with Crippen molar-refractivity contribution in [3.05, 3.63) is 35.9 Å². The van der Waals surface area contributed by atoms with Crippen LogP contribution in [0.1, 0.15) is 30.1 Å². The monoisotopic (exact) mass is 289 g/mol. The van der Waals surface area contributed by atoms with Gasteiger partial charge in [0.2, 0.25) is 5.91 Å². The number of hydrogen-bond donors (Lipinski definition) is 1. The van der Waals surface area contributed by atoms with Gasteiger partial charge in [-0.2, -0.15) is 0 Å². The molecule has 1 aliphatic heterocycles. The van der Waals surface area contributed by atoms with E-state index in [4.69, 9.17) is 5.73 Å². The molecule has 1 unspecified atom stereocenters. The Morgan fingerprint density at radius 2 is 1.67 bits per heavy atom. The highest BCUT2D eigenvalue weighted by atomic mass is 16.2. The van der Waals surface area contributed by atoms with Crippen molar-refractivity contribution >= 4 is 11.8 Å². The molecule has 1 aromatic carbocycles. The molecule has 2 N–H and O–H groups in total. The standard InChI is InChI=1S/C16H23N3O2/c1-13(17)7-8-15(20)18-9-11-19(12-10-18)16(21)14-5-3-2-4-6-14/h2-6,13H,7-12,17H2,1H3. The van der Waals surface area contributed by atoms with Gasteiger partial charge in [-0.15, -0.1) is 0 Å². The molecule has 1 heterocycles. The summed E-state index contributed by atoms with van der Waals surface area (Å²) < 4.78 is 0. The summed E-state index contributed by atoms with van der Waals surface area (Å²) in [4.78, 5) is 28.0. The second-order valence-electron chi connectivity index (χ2n) is 5.55. The fourth-order valence-electron chi connectivity index (χ4n) is 2.43. The van der Waals surface area contributed by atoms with Crippen molar-refractivity contribution in [3.8, 4) is 0 Å². The van der Waals surface area contributed by atoms with E-state index in [0.29, 0.717) is 44.6 Å². The Hall–Kier alpha value is -1.88. The summed E-state index contributed by atoms with van der Waals surface area (Å²) >= 11 is 0. The minimum Gasteiger partial charge on any atom is -0.339 e. The van der Waals surface area contributed by atoms with Crippen molar-refractivity contribution < 1.29 is 9.59 Å². The average molecular weight is 289 g/mol. The lowest BCUT2D eigenvalue weighted by atomic mass is 10.1. The van der Waals surface area contributed by atoms with Crippen LogP contribution in [0.2, 0.25) is 0 Å². The highest BCUT2D eigenvalue weighted by Gasteiger charge is 2.24. The van der Waals surface area contributed by atoms with Gasteiger partial charge in [-0.25, -0.2) is 0 Å². The lowest BCUT2D eigenvalue weighted by Gasteiger charge is -2.35. The molecule has 5 heteroatoms. The van der Waals surface area contributed by atoms with Crippen LogP contribution in [-0.2, 0) is 4.79 Å². The molecule has 0 bridgehead atoms. The fourth-order valence-corrected chi connectivity index (χ4v) is 2.43. The number of carbonyl (C=O) groups excluding carboxylic acids is 2. The van der Waals surface area contributed by atoms with Crippen LogP contribution in [0.4, 0.5) is 0 Å². The number of rotatable bonds is 4. The summed E-state index contributed by atoms with van der Waals surface area (Å²) in [6.45, 7) is 4.31. The van der Waals surface area contributed by atoms with E-state index < -0.39 is 0 Å². The van der Waals surface area contributed by atoms with Crippen LogP contribution in [0.25, 0.3) is 0 Å². The van der Waals surface area contributed by atoms with E-state index in [1.807, 2.05) is 47.1 Å². The van der Waals surface area contributed by atoms with E-state index in [2.05, 4.69) is 0 Å². The summed E-state index contributed by atoms with van der Waals surface area (Å²) in [6, 6.07) is 9.31. The number of benzene rings is 1. The number of piperazine rings is 1. The molecule has 1 aliphatic rings. The molecule has 1 atom stereocenters. The van der Waals surface area contributed by atoms with E-state index in [9.17, 15) is 9.59 Å². The first-order valence-electron chi connectivity index (χ1n) is 7.45. The average Bonchev–Trinajstić information content (AvgIpc) is 2.53. The van der Waals surface area contributed by atoms with Gasteiger partial charge in [0.25, 0.3) is 5.91 Å². The first-order chi connectivity index (χ1) is 10.1. The van der Waals surface area contributed by atoms with Crippen LogP contribution < -0.4 is 5.73 Å². The third-order valence-corrected chi connectivity index (χ3v) is 3.75. The minimum atomic E-state index is 0.0401. The van der Waals surface area contributed by atoms with Crippen LogP contribution in [0, 0.1) is 0 Å². The van der Waals surface area contributed by atoms with Gasteiger partial charge in [0, 0.05) is 44.2 Å². The highest BCUT2D eigenvalue weighted by molar-refractivity contribution is 5.94. The third kappa shape index (κ3) is 4.29. The maximum absolute atomic E-state index is 12.3. The molecule has 0 aromatic heterocycles. The number of nitrogens with zero attached hydrogens (tertiary/aromatic N) is 2. The van der Waals surface area contributed by atoms with E-state index >= 15 is 0 Å². The predicted molar refractivity (Wildman–Crippen MR) is 81.8 cm³/mol. The Morgan fingerprint density at radius 3 is 2.24 bits per heavy atom. The summed E-state index contributed by atoms with van der Waals surface area (Å²) in [5.74, 6) is 0.178. The molecule has 1 aromatic rings. The smallest absolute Gasteiger partial charge is 0.253 e. The van der Waals surface area contributed by atoms with Gasteiger partial charge in [0.15, 0.2) is 0 Å². The van der Waals surface area contributed by atoms with Crippen molar-refractivity contribution in [2.45, 2.75) is 25.8 Å². The van der Waals surface area contributed by atoms with Gasteiger partial charge >= 0.3 is 0 Å². The normalized spacial score (nSPS) is 16.7. The lowest BCUT2D eigenvalue weighted by molar-refractivity contribution is -0.132. The van der Waals surface area contributed by atoms with Crippen molar-refractivity contribution in [2.24, 2.45) is 5.73 Å². The van der Waals surface area contributed by atoms with E-state index in [0.717, 1.165) is 0 Å². The fraction of sp³-hybridized carbons (Fsp3) is 0.500. The number of amides is 2. The highest BCUT2D eigenvalue weighted by Crippen LogP contribution is 2.10. The maximum atomic E-state index is 12.3. The first-order valence-corrected chi connectivity index (χ1v) is 7.45. The molecular formula is C16H23N3O2. The van der Waals surface area contributed by atoms with Gasteiger partial charge in [-0.1, -0.05) is 18.2 Å². The maximum Gasteiger partial charge on any atom is 0.253 e. The van der Waals surface area contributed by atoms with Crippen LogP contribution in [0.15, 0.2) is 30.3 Å². The summed E-state index contributed by atoms with van der Waals surface area (Å²) in [5, 5.41) is 0. The summed E-state index contributed by atoms with van der Waals surface area (Å²) in [6.07, 6.45) is 1.20. The molecular weight excluding hydrogens is 266 g/mol. The van der Waals surface area contributed by atoms with Crippen LogP contribution >= 0.6 is 0 Å². The molecule has 5 nitrogen and oxygen atoms in total. The van der Waals surface area contributed by atoms with Gasteiger partial charge in [0.05, 0.1) is 0 Å². The number of hydrogen-bond acceptors (Lipinski definition) is 3. The van der Waals surface area contributed by atoms with Crippen molar-refractivity contribution in [2.75, 3.05) is 26.2 Å².